The Balaban J connectivity index is 0.000000348. The Bertz CT molecular complexity index is 1590. The molecule has 0 spiro atoms. The number of hydrogen-bond acceptors (Lipinski definition) is 6. The lowest BCUT2D eigenvalue weighted by molar-refractivity contribution is 0.277. The molecule has 0 saturated carbocycles. The quantitative estimate of drug-likeness (QED) is 0.342. The van der Waals surface area contributed by atoms with E-state index in [1.807, 2.05) is 36.7 Å². The minimum absolute atomic E-state index is 0.445. The molecule has 0 N–H and O–H groups in total. The third-order valence-electron chi connectivity index (χ3n) is 6.96. The van der Waals surface area contributed by atoms with E-state index in [1.54, 1.807) is 25.4 Å². The molecular weight excluding hydrogens is 462 g/mol. The molecule has 0 atom stereocenters. The summed E-state index contributed by atoms with van der Waals surface area (Å²) >= 11 is 0. The number of imidazole rings is 2. The van der Waals surface area contributed by atoms with Gasteiger partial charge in [-0.15, -0.1) is 0 Å². The average Bonchev–Trinajstić information content (AvgIpc) is 3.53. The van der Waals surface area contributed by atoms with Gasteiger partial charge in [-0.05, 0) is 69.7 Å². The van der Waals surface area contributed by atoms with Crippen LogP contribution in [0.5, 0.6) is 6.01 Å². The normalized spacial score (nSPS) is 13.8. The van der Waals surface area contributed by atoms with E-state index in [-0.39, 0.29) is 0 Å². The van der Waals surface area contributed by atoms with E-state index in [1.165, 1.54) is 32.4 Å². The van der Waals surface area contributed by atoms with Crippen LogP contribution in [0.25, 0.3) is 39.1 Å². The molecule has 1 aliphatic rings. The van der Waals surface area contributed by atoms with Crippen LogP contribution in [-0.4, -0.2) is 56.1 Å². The molecule has 37 heavy (non-hydrogen) atoms. The van der Waals surface area contributed by atoms with Gasteiger partial charge in [-0.25, -0.2) is 9.97 Å². The Morgan fingerprint density at radius 1 is 0.946 bits per heavy atom. The predicted octanol–water partition coefficient (Wildman–Crippen LogP) is 5.24. The number of aryl methyl sites for hydroxylation is 2. The van der Waals surface area contributed by atoms with Crippen LogP contribution >= 0.6 is 0 Å². The standard InChI is InChI=1S/C23H18N6O.C6H13N/c1-14-26-18-12-17(8-9-19(18)28(14)2)20-21(16-6-4-15(13-24)5-7-16)27-23(30-3)29-11-10-25-22(20)29;1-7-5-3-2-4-6-7/h4-12H,1-3H3;2-6H2,1H3. The third-order valence-corrected chi connectivity index (χ3v) is 6.96. The molecule has 0 amide bonds. The molecule has 1 saturated heterocycles. The summed E-state index contributed by atoms with van der Waals surface area (Å²) in [4.78, 5) is 16.5. The van der Waals surface area contributed by atoms with E-state index in [2.05, 4.69) is 50.8 Å². The highest BCUT2D eigenvalue weighted by Crippen LogP contribution is 2.37. The highest BCUT2D eigenvalue weighted by Gasteiger charge is 2.20. The van der Waals surface area contributed by atoms with Crippen LogP contribution in [0.3, 0.4) is 0 Å². The van der Waals surface area contributed by atoms with E-state index in [0.717, 1.165) is 44.9 Å². The second-order valence-corrected chi connectivity index (χ2v) is 9.42. The topological polar surface area (TPSA) is 84.3 Å². The van der Waals surface area contributed by atoms with Crippen LogP contribution in [0, 0.1) is 18.3 Å². The Morgan fingerprint density at radius 2 is 1.68 bits per heavy atom. The minimum atomic E-state index is 0.445. The van der Waals surface area contributed by atoms with Gasteiger partial charge in [-0.3, -0.25) is 4.40 Å². The number of rotatable bonds is 3. The molecule has 5 aromatic rings. The van der Waals surface area contributed by atoms with Gasteiger partial charge in [-0.2, -0.15) is 10.2 Å². The summed E-state index contributed by atoms with van der Waals surface area (Å²) in [6.45, 7) is 4.63. The first-order valence-corrected chi connectivity index (χ1v) is 12.5. The van der Waals surface area contributed by atoms with Gasteiger partial charge in [0.2, 0.25) is 0 Å². The summed E-state index contributed by atoms with van der Waals surface area (Å²) in [7, 11) is 5.79. The van der Waals surface area contributed by atoms with Crippen LogP contribution in [0.15, 0.2) is 54.9 Å². The minimum Gasteiger partial charge on any atom is -0.468 e. The van der Waals surface area contributed by atoms with Crippen molar-refractivity contribution in [3.05, 3.63) is 66.2 Å². The molecule has 8 nitrogen and oxygen atoms in total. The predicted molar refractivity (Wildman–Crippen MR) is 145 cm³/mol. The SMILES string of the molecule is CN1CCCCC1.COc1nc(-c2ccc(C#N)cc2)c(-c2ccc3c(c2)nc(C)n3C)c2nccn12. The maximum Gasteiger partial charge on any atom is 0.302 e. The fourth-order valence-electron chi connectivity index (χ4n) is 4.80. The summed E-state index contributed by atoms with van der Waals surface area (Å²) < 4.78 is 9.41. The van der Waals surface area contributed by atoms with Gasteiger partial charge in [0, 0.05) is 25.0 Å². The Kier molecular flexibility index (Phi) is 6.89. The van der Waals surface area contributed by atoms with E-state index in [9.17, 15) is 0 Å². The summed E-state index contributed by atoms with van der Waals surface area (Å²) in [5.41, 5.74) is 6.79. The first-order valence-electron chi connectivity index (χ1n) is 12.5. The van der Waals surface area contributed by atoms with Crippen LogP contribution < -0.4 is 4.74 Å². The summed E-state index contributed by atoms with van der Waals surface area (Å²) in [6, 6.07) is 16.2. The molecule has 1 aliphatic heterocycles. The molecule has 2 aromatic carbocycles. The van der Waals surface area contributed by atoms with Crippen molar-refractivity contribution in [2.45, 2.75) is 26.2 Å². The number of nitriles is 1. The first kappa shape index (κ1) is 24.5. The number of aromatic nitrogens is 5. The fraction of sp³-hybridized carbons (Fsp3) is 0.310. The monoisotopic (exact) mass is 493 g/mol. The number of nitrogens with zero attached hydrogens (tertiary/aromatic N) is 7. The molecule has 3 aromatic heterocycles. The Labute approximate surface area is 216 Å². The van der Waals surface area contributed by atoms with Gasteiger partial charge < -0.3 is 14.2 Å². The van der Waals surface area contributed by atoms with Gasteiger partial charge in [0.25, 0.3) is 0 Å². The highest BCUT2D eigenvalue weighted by atomic mass is 16.5. The second kappa shape index (κ2) is 10.4. The fourth-order valence-corrected chi connectivity index (χ4v) is 4.80. The Hall–Kier alpha value is -4.22. The summed E-state index contributed by atoms with van der Waals surface area (Å²) in [6.07, 6.45) is 7.84. The second-order valence-electron chi connectivity index (χ2n) is 9.42. The van der Waals surface area contributed by atoms with Crippen molar-refractivity contribution in [1.29, 1.82) is 5.26 Å². The number of hydrogen-bond donors (Lipinski definition) is 0. The number of fused-ring (bicyclic) bond motifs is 2. The van der Waals surface area contributed by atoms with Gasteiger partial charge in [0.1, 0.15) is 5.82 Å². The smallest absolute Gasteiger partial charge is 0.302 e. The van der Waals surface area contributed by atoms with Crippen LogP contribution in [-0.2, 0) is 7.05 Å². The maximum atomic E-state index is 9.14. The van der Waals surface area contributed by atoms with Crippen molar-refractivity contribution in [2.24, 2.45) is 7.05 Å². The lowest BCUT2D eigenvalue weighted by atomic mass is 9.99. The van der Waals surface area contributed by atoms with Crippen molar-refractivity contribution in [2.75, 3.05) is 27.2 Å². The van der Waals surface area contributed by atoms with Crippen molar-refractivity contribution in [3.8, 4) is 34.5 Å². The number of methoxy groups -OCH3 is 1. The molecule has 4 heterocycles. The Morgan fingerprint density at radius 3 is 2.32 bits per heavy atom. The third kappa shape index (κ3) is 4.78. The summed E-state index contributed by atoms with van der Waals surface area (Å²) in [5, 5.41) is 9.14. The zero-order valence-corrected chi connectivity index (χ0v) is 21.8. The summed E-state index contributed by atoms with van der Waals surface area (Å²) in [5.74, 6) is 0.952. The van der Waals surface area contributed by atoms with Gasteiger partial charge in [0.15, 0.2) is 5.65 Å². The molecule has 0 unspecified atom stereocenters. The molecule has 0 bridgehead atoms. The van der Waals surface area contributed by atoms with Gasteiger partial charge in [-0.1, -0.05) is 24.6 Å². The zero-order chi connectivity index (χ0) is 25.9. The van der Waals surface area contributed by atoms with Crippen molar-refractivity contribution in [3.63, 3.8) is 0 Å². The van der Waals surface area contributed by atoms with Crippen molar-refractivity contribution >= 4 is 16.7 Å². The lowest BCUT2D eigenvalue weighted by Crippen LogP contribution is -2.24. The number of likely N-dealkylation sites (tertiary alicyclic amines) is 1. The van der Waals surface area contributed by atoms with Crippen molar-refractivity contribution in [1.82, 2.24) is 28.8 Å². The number of benzene rings is 2. The van der Waals surface area contributed by atoms with E-state index >= 15 is 0 Å². The van der Waals surface area contributed by atoms with Crippen LogP contribution in [0.4, 0.5) is 0 Å². The van der Waals surface area contributed by atoms with Crippen molar-refractivity contribution < 1.29 is 4.74 Å². The van der Waals surface area contributed by atoms with Crippen LogP contribution in [0.1, 0.15) is 30.7 Å². The van der Waals surface area contributed by atoms with Gasteiger partial charge in [0.05, 0.1) is 41.0 Å². The van der Waals surface area contributed by atoms with E-state index in [0.29, 0.717) is 11.6 Å². The molecule has 6 rings (SSSR count). The maximum absolute atomic E-state index is 9.14. The van der Waals surface area contributed by atoms with E-state index < -0.39 is 0 Å². The molecule has 0 aliphatic carbocycles. The average molecular weight is 494 g/mol. The molecule has 8 heteroatoms. The molecule has 188 valence electrons. The zero-order valence-electron chi connectivity index (χ0n) is 21.8. The molecular formula is C29H31N7O. The molecule has 1 fully saturated rings. The van der Waals surface area contributed by atoms with E-state index in [4.69, 9.17) is 15.0 Å². The largest absolute Gasteiger partial charge is 0.468 e. The lowest BCUT2D eigenvalue weighted by Gasteiger charge is -2.20. The first-order chi connectivity index (χ1) is 18.0. The number of piperidine rings is 1. The van der Waals surface area contributed by atoms with Crippen LogP contribution in [0.2, 0.25) is 0 Å². The van der Waals surface area contributed by atoms with Gasteiger partial charge >= 0.3 is 6.01 Å². The highest BCUT2D eigenvalue weighted by molar-refractivity contribution is 5.93. The number of ether oxygens (including phenoxy) is 1. The molecule has 0 radical (unpaired) electrons.